The van der Waals surface area contributed by atoms with Crippen molar-refractivity contribution in [2.24, 2.45) is 0 Å². The van der Waals surface area contributed by atoms with Crippen LogP contribution in [0.15, 0.2) is 44.3 Å². The fourth-order valence-corrected chi connectivity index (χ4v) is 1.23. The first-order valence-corrected chi connectivity index (χ1v) is 4.03. The van der Waals surface area contributed by atoms with E-state index in [1.165, 1.54) is 11.6 Å². The predicted octanol–water partition coefficient (Wildman–Crippen LogP) is 3.21. The predicted molar refractivity (Wildman–Crippen MR) is 44.0 cm³/mol. The van der Waals surface area contributed by atoms with E-state index >= 15 is 0 Å². The highest BCUT2D eigenvalue weighted by Crippen LogP contribution is 2.11. The van der Waals surface area contributed by atoms with Crippen LogP contribution in [-0.4, -0.2) is 0 Å². The van der Waals surface area contributed by atoms with Gasteiger partial charge >= 0.3 is 0 Å². The molecule has 0 amide bonds. The van der Waals surface area contributed by atoms with E-state index < -0.39 is 0 Å². The molecule has 1 heterocycles. The molecule has 3 heteroatoms. The van der Waals surface area contributed by atoms with E-state index in [1.807, 2.05) is 35.7 Å². The van der Waals surface area contributed by atoms with Gasteiger partial charge in [0.2, 0.25) is 0 Å². The van der Waals surface area contributed by atoms with Gasteiger partial charge in [0.15, 0.2) is 5.58 Å². The highest BCUT2D eigenvalue weighted by Gasteiger charge is 1.89. The van der Waals surface area contributed by atoms with E-state index in [0.717, 1.165) is 11.0 Å². The quantitative estimate of drug-likeness (QED) is 0.562. The van der Waals surface area contributed by atoms with Crippen LogP contribution in [0.2, 0.25) is 0 Å². The van der Waals surface area contributed by atoms with E-state index in [0.29, 0.717) is 0 Å². The summed E-state index contributed by atoms with van der Waals surface area (Å²) in [5.41, 5.74) is 0.758. The van der Waals surface area contributed by atoms with E-state index in [-0.39, 0.29) is 0 Å². The smallest absolute Gasteiger partial charge is 0.187 e. The molecule has 56 valence electrons. The summed E-state index contributed by atoms with van der Waals surface area (Å²) >= 11 is 1.17. The van der Waals surface area contributed by atoms with Crippen molar-refractivity contribution in [3.8, 4) is 0 Å². The number of para-hydroxylation sites is 1. The Morgan fingerprint density at radius 2 is 2.00 bits per heavy atom. The molecule has 0 saturated carbocycles. The van der Waals surface area contributed by atoms with Gasteiger partial charge in [0.05, 0.1) is 11.6 Å². The van der Waals surface area contributed by atoms with E-state index in [4.69, 9.17) is 8.58 Å². The first-order chi connectivity index (χ1) is 5.47. The van der Waals surface area contributed by atoms with E-state index in [1.54, 1.807) is 0 Å². The standard InChI is InChI=1S/C8H6O2S/c1-2-4-8-7(3-1)5-6-11-10-9-8/h1-6H. The maximum Gasteiger partial charge on any atom is 0.187 e. The van der Waals surface area contributed by atoms with E-state index in [9.17, 15) is 0 Å². The topological polar surface area (TPSA) is 26.3 Å². The van der Waals surface area contributed by atoms with Crippen LogP contribution in [0, 0.1) is 0 Å². The lowest BCUT2D eigenvalue weighted by Crippen LogP contribution is -1.62. The maximum absolute atomic E-state index is 4.95. The maximum atomic E-state index is 4.95. The zero-order valence-electron chi connectivity index (χ0n) is 5.69. The molecule has 0 bridgehead atoms. The second-order valence-corrected chi connectivity index (χ2v) is 2.69. The Balaban J connectivity index is 2.90. The summed E-state index contributed by atoms with van der Waals surface area (Å²) < 4.78 is 9.70. The third-order valence-corrected chi connectivity index (χ3v) is 1.78. The average Bonchev–Trinajstić information content (AvgIpc) is 2.28. The lowest BCUT2D eigenvalue weighted by molar-refractivity contribution is 0.124. The average molecular weight is 166 g/mol. The summed E-state index contributed by atoms with van der Waals surface area (Å²) in [5, 5.41) is 2.88. The monoisotopic (exact) mass is 166 g/mol. The molecule has 1 aromatic heterocycles. The highest BCUT2D eigenvalue weighted by molar-refractivity contribution is 7.00. The van der Waals surface area contributed by atoms with Crippen molar-refractivity contribution in [3.05, 3.63) is 35.7 Å². The Morgan fingerprint density at radius 3 is 3.00 bits per heavy atom. The Kier molecular flexibility index (Phi) is 1.65. The molecule has 2 rings (SSSR count). The number of benzene rings is 1. The SMILES string of the molecule is c1ccc2oosccc2c1. The molecule has 0 aliphatic rings. The normalized spacial score (nSPS) is 9.82. The Hall–Kier alpha value is -1.22. The molecule has 0 saturated heterocycles. The van der Waals surface area contributed by atoms with Gasteiger partial charge in [-0.2, -0.15) is 0 Å². The molecule has 2 nitrogen and oxygen atoms in total. The Morgan fingerprint density at radius 1 is 1.09 bits per heavy atom. The molecule has 11 heavy (non-hydrogen) atoms. The number of rotatable bonds is 0. The molecule has 0 atom stereocenters. The summed E-state index contributed by atoms with van der Waals surface area (Å²) in [6.45, 7) is 0. The summed E-state index contributed by atoms with van der Waals surface area (Å²) in [6, 6.07) is 9.66. The molecular formula is C8H6O2S. The molecule has 0 spiro atoms. The van der Waals surface area contributed by atoms with Gasteiger partial charge in [-0.3, -0.25) is 4.58 Å². The molecule has 0 fully saturated rings. The molecule has 0 radical (unpaired) electrons. The first-order valence-electron chi connectivity index (χ1n) is 3.22. The van der Waals surface area contributed by atoms with Crippen molar-refractivity contribution < 1.29 is 8.58 Å². The van der Waals surface area contributed by atoms with Crippen molar-refractivity contribution in [2.75, 3.05) is 0 Å². The largest absolute Gasteiger partial charge is 0.277 e. The molecule has 0 unspecified atom stereocenters. The van der Waals surface area contributed by atoms with Gasteiger partial charge in [-0.15, -0.1) is 0 Å². The van der Waals surface area contributed by atoms with Gasteiger partial charge in [-0.05, 0) is 12.1 Å². The van der Waals surface area contributed by atoms with Gasteiger partial charge in [0.1, 0.15) is 0 Å². The van der Waals surface area contributed by atoms with Gasteiger partial charge in [0, 0.05) is 10.8 Å². The van der Waals surface area contributed by atoms with Crippen LogP contribution in [0.25, 0.3) is 11.0 Å². The molecule has 1 aromatic carbocycles. The molecular weight excluding hydrogens is 160 g/mol. The van der Waals surface area contributed by atoms with Crippen LogP contribution in [0.3, 0.4) is 0 Å². The number of fused-ring (bicyclic) bond motifs is 1. The summed E-state index contributed by atoms with van der Waals surface area (Å²) in [4.78, 5) is 0. The van der Waals surface area contributed by atoms with Gasteiger partial charge in [-0.25, -0.2) is 4.01 Å². The fraction of sp³-hybridized carbons (Fsp3) is 0. The molecule has 0 N–H and O–H groups in total. The van der Waals surface area contributed by atoms with Crippen LogP contribution >= 0.6 is 11.6 Å². The first kappa shape index (κ1) is 6.49. The number of hydrogen-bond donors (Lipinski definition) is 0. The second-order valence-electron chi connectivity index (χ2n) is 2.09. The zero-order chi connectivity index (χ0) is 7.52. The van der Waals surface area contributed by atoms with Crippen LogP contribution in [0.5, 0.6) is 0 Å². The van der Waals surface area contributed by atoms with Crippen molar-refractivity contribution in [2.45, 2.75) is 0 Å². The van der Waals surface area contributed by atoms with Gasteiger partial charge in [-0.1, -0.05) is 18.2 Å². The van der Waals surface area contributed by atoms with Crippen LogP contribution in [0.1, 0.15) is 0 Å². The minimum atomic E-state index is 0.758. The van der Waals surface area contributed by atoms with Crippen molar-refractivity contribution in [1.29, 1.82) is 0 Å². The summed E-state index contributed by atoms with van der Waals surface area (Å²) in [7, 11) is 0. The fourth-order valence-electron chi connectivity index (χ4n) is 0.874. The zero-order valence-corrected chi connectivity index (χ0v) is 6.51. The third kappa shape index (κ3) is 1.28. The van der Waals surface area contributed by atoms with Gasteiger partial charge in [0.25, 0.3) is 0 Å². The Labute approximate surface area is 67.5 Å². The minimum Gasteiger partial charge on any atom is -0.277 e. The lowest BCUT2D eigenvalue weighted by atomic mass is 10.2. The third-order valence-electron chi connectivity index (χ3n) is 1.39. The lowest BCUT2D eigenvalue weighted by Gasteiger charge is -1.84. The van der Waals surface area contributed by atoms with Crippen LogP contribution in [0.4, 0.5) is 0 Å². The Bertz CT molecular complexity index is 346. The van der Waals surface area contributed by atoms with Crippen molar-refractivity contribution >= 4 is 22.6 Å². The van der Waals surface area contributed by atoms with E-state index in [2.05, 4.69) is 0 Å². The summed E-state index contributed by atoms with van der Waals surface area (Å²) in [5.74, 6) is 0. The molecule has 0 aliphatic heterocycles. The van der Waals surface area contributed by atoms with Crippen molar-refractivity contribution in [3.63, 3.8) is 0 Å². The second kappa shape index (κ2) is 2.80. The summed E-state index contributed by atoms with van der Waals surface area (Å²) in [6.07, 6.45) is 0. The number of hydrogen-bond acceptors (Lipinski definition) is 3. The highest BCUT2D eigenvalue weighted by atomic mass is 32.1. The minimum absolute atomic E-state index is 0.758. The van der Waals surface area contributed by atoms with Crippen LogP contribution in [-0.2, 0) is 0 Å². The van der Waals surface area contributed by atoms with Crippen LogP contribution < -0.4 is 0 Å². The van der Waals surface area contributed by atoms with Crippen molar-refractivity contribution in [1.82, 2.24) is 0 Å². The molecule has 0 aliphatic carbocycles. The molecule has 2 aromatic rings. The van der Waals surface area contributed by atoms with Gasteiger partial charge < -0.3 is 0 Å².